The second-order valence-corrected chi connectivity index (χ2v) is 4.79. The van der Waals surface area contributed by atoms with Crippen LogP contribution in [0.5, 0.6) is 0 Å². The van der Waals surface area contributed by atoms with Crippen molar-refractivity contribution in [1.29, 1.82) is 0 Å². The highest BCUT2D eigenvalue weighted by Crippen LogP contribution is 2.24. The molecular formula is C17H16N2O. The molecule has 0 bridgehead atoms. The van der Waals surface area contributed by atoms with Gasteiger partial charge >= 0.3 is 0 Å². The largest absolute Gasteiger partial charge is 0.334 e. The molecule has 20 heavy (non-hydrogen) atoms. The summed E-state index contributed by atoms with van der Waals surface area (Å²) in [5, 5.41) is 4.07. The topological polar surface area (TPSA) is 38.9 Å². The SMILES string of the molecule is CCc1ccc(-c2noc(-c3ccccc3C)n2)cc1. The Morgan fingerprint density at radius 3 is 2.45 bits per heavy atom. The quantitative estimate of drug-likeness (QED) is 0.709. The first-order valence-electron chi connectivity index (χ1n) is 6.77. The van der Waals surface area contributed by atoms with E-state index in [1.165, 1.54) is 5.56 Å². The second-order valence-electron chi connectivity index (χ2n) is 4.79. The lowest BCUT2D eigenvalue weighted by molar-refractivity contribution is 0.432. The first kappa shape index (κ1) is 12.6. The summed E-state index contributed by atoms with van der Waals surface area (Å²) in [7, 11) is 0. The third-order valence-electron chi connectivity index (χ3n) is 3.42. The minimum Gasteiger partial charge on any atom is -0.334 e. The molecule has 0 amide bonds. The van der Waals surface area contributed by atoms with E-state index < -0.39 is 0 Å². The maximum Gasteiger partial charge on any atom is 0.258 e. The van der Waals surface area contributed by atoms with Crippen LogP contribution < -0.4 is 0 Å². The van der Waals surface area contributed by atoms with Crippen LogP contribution >= 0.6 is 0 Å². The van der Waals surface area contributed by atoms with Gasteiger partial charge < -0.3 is 4.52 Å². The lowest BCUT2D eigenvalue weighted by Crippen LogP contribution is -1.84. The monoisotopic (exact) mass is 264 g/mol. The van der Waals surface area contributed by atoms with E-state index in [2.05, 4.69) is 29.2 Å². The predicted molar refractivity (Wildman–Crippen MR) is 79.3 cm³/mol. The molecule has 0 saturated heterocycles. The maximum absolute atomic E-state index is 5.38. The van der Waals surface area contributed by atoms with E-state index in [9.17, 15) is 0 Å². The van der Waals surface area contributed by atoms with Crippen molar-refractivity contribution in [3.8, 4) is 22.8 Å². The molecule has 0 radical (unpaired) electrons. The van der Waals surface area contributed by atoms with Gasteiger partial charge in [0, 0.05) is 11.1 Å². The van der Waals surface area contributed by atoms with E-state index in [0.717, 1.165) is 23.1 Å². The van der Waals surface area contributed by atoms with Crippen molar-refractivity contribution in [1.82, 2.24) is 10.1 Å². The Hall–Kier alpha value is -2.42. The van der Waals surface area contributed by atoms with Gasteiger partial charge in [0.05, 0.1) is 0 Å². The molecule has 0 unspecified atom stereocenters. The molecule has 2 aromatic carbocycles. The molecule has 3 aromatic rings. The van der Waals surface area contributed by atoms with Gasteiger partial charge in [-0.2, -0.15) is 4.98 Å². The number of aromatic nitrogens is 2. The zero-order valence-corrected chi connectivity index (χ0v) is 11.6. The van der Waals surface area contributed by atoms with Gasteiger partial charge in [0.2, 0.25) is 5.82 Å². The van der Waals surface area contributed by atoms with Crippen molar-refractivity contribution in [2.75, 3.05) is 0 Å². The summed E-state index contributed by atoms with van der Waals surface area (Å²) in [6.07, 6.45) is 1.03. The van der Waals surface area contributed by atoms with Crippen molar-refractivity contribution in [3.05, 3.63) is 59.7 Å². The first-order chi connectivity index (χ1) is 9.78. The molecule has 0 aliphatic rings. The van der Waals surface area contributed by atoms with Crippen LogP contribution in [0.2, 0.25) is 0 Å². The summed E-state index contributed by atoms with van der Waals surface area (Å²) >= 11 is 0. The number of nitrogens with zero attached hydrogens (tertiary/aromatic N) is 2. The third-order valence-corrected chi connectivity index (χ3v) is 3.42. The van der Waals surface area contributed by atoms with Gasteiger partial charge in [-0.15, -0.1) is 0 Å². The van der Waals surface area contributed by atoms with E-state index in [-0.39, 0.29) is 0 Å². The van der Waals surface area contributed by atoms with E-state index in [1.807, 2.05) is 43.3 Å². The highest BCUT2D eigenvalue weighted by atomic mass is 16.5. The molecule has 0 N–H and O–H groups in total. The van der Waals surface area contributed by atoms with Crippen LogP contribution in [-0.2, 0) is 6.42 Å². The summed E-state index contributed by atoms with van der Waals surface area (Å²) in [5.74, 6) is 1.20. The van der Waals surface area contributed by atoms with Crippen LogP contribution in [0, 0.1) is 6.92 Å². The van der Waals surface area contributed by atoms with Crippen molar-refractivity contribution >= 4 is 0 Å². The molecule has 3 nitrogen and oxygen atoms in total. The van der Waals surface area contributed by atoms with Crippen LogP contribution in [0.4, 0.5) is 0 Å². The molecule has 0 aliphatic heterocycles. The summed E-state index contributed by atoms with van der Waals surface area (Å²) < 4.78 is 5.38. The molecule has 0 atom stereocenters. The number of rotatable bonds is 3. The maximum atomic E-state index is 5.38. The van der Waals surface area contributed by atoms with Gasteiger partial charge in [-0.1, -0.05) is 54.5 Å². The lowest BCUT2D eigenvalue weighted by Gasteiger charge is -1.98. The molecule has 0 aliphatic carbocycles. The van der Waals surface area contributed by atoms with Crippen molar-refractivity contribution in [2.24, 2.45) is 0 Å². The average molecular weight is 264 g/mol. The van der Waals surface area contributed by atoms with Crippen LogP contribution in [0.3, 0.4) is 0 Å². The van der Waals surface area contributed by atoms with Crippen LogP contribution in [0.25, 0.3) is 22.8 Å². The van der Waals surface area contributed by atoms with E-state index in [4.69, 9.17) is 4.52 Å². The van der Waals surface area contributed by atoms with Crippen LogP contribution in [0.1, 0.15) is 18.1 Å². The average Bonchev–Trinajstić information content (AvgIpc) is 2.97. The lowest BCUT2D eigenvalue weighted by atomic mass is 10.1. The van der Waals surface area contributed by atoms with Crippen molar-refractivity contribution in [2.45, 2.75) is 20.3 Å². The molecular weight excluding hydrogens is 248 g/mol. The molecule has 1 heterocycles. The zero-order chi connectivity index (χ0) is 13.9. The molecule has 100 valence electrons. The highest BCUT2D eigenvalue weighted by Gasteiger charge is 2.11. The standard InChI is InChI=1S/C17H16N2O/c1-3-13-8-10-14(11-9-13)16-18-17(20-19-16)15-7-5-4-6-12(15)2/h4-11H,3H2,1-2H3. The van der Waals surface area contributed by atoms with Gasteiger partial charge in [-0.25, -0.2) is 0 Å². The van der Waals surface area contributed by atoms with Crippen molar-refractivity contribution < 1.29 is 4.52 Å². The normalized spacial score (nSPS) is 10.7. The Morgan fingerprint density at radius 1 is 1.00 bits per heavy atom. The number of benzene rings is 2. The molecule has 0 fully saturated rings. The Balaban J connectivity index is 1.95. The molecule has 3 heteroatoms. The second kappa shape index (κ2) is 5.29. The van der Waals surface area contributed by atoms with Gasteiger partial charge in [0.15, 0.2) is 0 Å². The summed E-state index contributed by atoms with van der Waals surface area (Å²) in [6.45, 7) is 4.18. The van der Waals surface area contributed by atoms with Crippen LogP contribution in [0.15, 0.2) is 53.1 Å². The Bertz CT molecular complexity index is 714. The summed E-state index contributed by atoms with van der Waals surface area (Å²) in [6, 6.07) is 16.3. The van der Waals surface area contributed by atoms with Gasteiger partial charge in [0.25, 0.3) is 5.89 Å². The smallest absolute Gasteiger partial charge is 0.258 e. The Kier molecular flexibility index (Phi) is 3.33. The third kappa shape index (κ3) is 2.35. The minimum atomic E-state index is 0.567. The fourth-order valence-corrected chi connectivity index (χ4v) is 2.15. The van der Waals surface area contributed by atoms with E-state index in [1.54, 1.807) is 0 Å². The zero-order valence-electron chi connectivity index (χ0n) is 11.6. The fraction of sp³-hybridized carbons (Fsp3) is 0.176. The molecule has 3 rings (SSSR count). The predicted octanol–water partition coefficient (Wildman–Crippen LogP) is 4.27. The molecule has 0 spiro atoms. The van der Waals surface area contributed by atoms with Crippen molar-refractivity contribution in [3.63, 3.8) is 0 Å². The number of aryl methyl sites for hydroxylation is 2. The van der Waals surface area contributed by atoms with Gasteiger partial charge in [-0.3, -0.25) is 0 Å². The first-order valence-corrected chi connectivity index (χ1v) is 6.77. The summed E-state index contributed by atoms with van der Waals surface area (Å²) in [5.41, 5.74) is 4.39. The van der Waals surface area contributed by atoms with E-state index >= 15 is 0 Å². The Labute approximate surface area is 118 Å². The highest BCUT2D eigenvalue weighted by molar-refractivity contribution is 5.62. The minimum absolute atomic E-state index is 0.567. The molecule has 1 aromatic heterocycles. The van der Waals surface area contributed by atoms with Crippen LogP contribution in [-0.4, -0.2) is 10.1 Å². The Morgan fingerprint density at radius 2 is 1.75 bits per heavy atom. The molecule has 0 saturated carbocycles. The van der Waals surface area contributed by atoms with Gasteiger partial charge in [0.1, 0.15) is 0 Å². The van der Waals surface area contributed by atoms with E-state index in [0.29, 0.717) is 11.7 Å². The number of hydrogen-bond acceptors (Lipinski definition) is 3. The fourth-order valence-electron chi connectivity index (χ4n) is 2.15. The summed E-state index contributed by atoms with van der Waals surface area (Å²) in [4.78, 5) is 4.49. The van der Waals surface area contributed by atoms with Gasteiger partial charge in [-0.05, 0) is 30.5 Å². The number of hydrogen-bond donors (Lipinski definition) is 0.